The third-order valence-electron chi connectivity index (χ3n) is 6.63. The van der Waals surface area contributed by atoms with E-state index in [2.05, 4.69) is 28.4 Å². The number of hydrogen-bond acceptors (Lipinski definition) is 6. The summed E-state index contributed by atoms with van der Waals surface area (Å²) in [5.41, 5.74) is 3.03. The molecule has 0 aromatic heterocycles. The third kappa shape index (κ3) is 5.60. The predicted octanol–water partition coefficient (Wildman–Crippen LogP) is 2.77. The molecule has 0 unspecified atom stereocenters. The van der Waals surface area contributed by atoms with E-state index in [1.165, 1.54) is 28.4 Å². The number of rotatable bonds is 8. The normalized spacial score (nSPS) is 18.3. The summed E-state index contributed by atoms with van der Waals surface area (Å²) in [6.07, 6.45) is 2.44. The molecular weight excluding hydrogens is 452 g/mol. The van der Waals surface area contributed by atoms with Crippen LogP contribution in [0.3, 0.4) is 0 Å². The number of benzene rings is 2. The van der Waals surface area contributed by atoms with Crippen LogP contribution < -0.4 is 10.2 Å². The molecule has 8 nitrogen and oxygen atoms in total. The molecule has 4 rings (SSSR count). The zero-order chi connectivity index (χ0) is 24.1. The van der Waals surface area contributed by atoms with E-state index in [9.17, 15) is 13.2 Å². The summed E-state index contributed by atoms with van der Waals surface area (Å²) in [6.45, 7) is 6.21. The van der Waals surface area contributed by atoms with Crippen molar-refractivity contribution in [3.63, 3.8) is 0 Å². The highest BCUT2D eigenvalue weighted by Crippen LogP contribution is 2.26. The molecule has 1 N–H and O–H groups in total. The number of ether oxygens (including phenoxy) is 1. The van der Waals surface area contributed by atoms with Crippen molar-refractivity contribution in [2.75, 3.05) is 56.7 Å². The molecule has 0 radical (unpaired) electrons. The Morgan fingerprint density at radius 3 is 2.35 bits per heavy atom. The number of sulfonamides is 1. The number of nitrogens with zero attached hydrogens (tertiary/aromatic N) is 3. The van der Waals surface area contributed by atoms with Crippen LogP contribution in [0, 0.1) is 0 Å². The van der Waals surface area contributed by atoms with Gasteiger partial charge in [0.25, 0.3) is 0 Å². The van der Waals surface area contributed by atoms with Gasteiger partial charge in [-0.15, -0.1) is 0 Å². The van der Waals surface area contributed by atoms with Crippen LogP contribution in [0.25, 0.3) is 0 Å². The van der Waals surface area contributed by atoms with E-state index in [0.29, 0.717) is 38.5 Å². The molecule has 0 spiro atoms. The summed E-state index contributed by atoms with van der Waals surface area (Å²) in [5.74, 6) is -0.134. The SMILES string of the molecule is C[C@@H](C(=O)Nc1ccc(S(=O)(=O)N2CCOCC2)cc1)N(C)Cc1ccccc1N1CCCC1. The molecule has 2 aromatic carbocycles. The van der Waals surface area contributed by atoms with E-state index >= 15 is 0 Å². The van der Waals surface area contributed by atoms with Crippen LogP contribution in [-0.2, 0) is 26.1 Å². The fraction of sp³-hybridized carbons (Fsp3) is 0.480. The van der Waals surface area contributed by atoms with Crippen LogP contribution in [0.5, 0.6) is 0 Å². The highest BCUT2D eigenvalue weighted by molar-refractivity contribution is 7.89. The smallest absolute Gasteiger partial charge is 0.243 e. The Morgan fingerprint density at radius 2 is 1.68 bits per heavy atom. The van der Waals surface area contributed by atoms with E-state index < -0.39 is 10.0 Å². The van der Waals surface area contributed by atoms with Gasteiger partial charge in [-0.25, -0.2) is 8.42 Å². The number of nitrogens with one attached hydrogen (secondary N) is 1. The minimum Gasteiger partial charge on any atom is -0.379 e. The summed E-state index contributed by atoms with van der Waals surface area (Å²) < 4.78 is 32.3. The number of anilines is 2. The van der Waals surface area contributed by atoms with Crippen LogP contribution in [0.1, 0.15) is 25.3 Å². The molecule has 2 fully saturated rings. The zero-order valence-electron chi connectivity index (χ0n) is 19.9. The van der Waals surface area contributed by atoms with E-state index in [1.807, 2.05) is 24.9 Å². The maximum absolute atomic E-state index is 12.9. The third-order valence-corrected chi connectivity index (χ3v) is 8.54. The highest BCUT2D eigenvalue weighted by Gasteiger charge is 2.26. The number of para-hydroxylation sites is 1. The van der Waals surface area contributed by atoms with Crippen molar-refractivity contribution in [1.82, 2.24) is 9.21 Å². The number of carbonyl (C=O) groups excluding carboxylic acids is 1. The summed E-state index contributed by atoms with van der Waals surface area (Å²) in [6, 6.07) is 14.4. The topological polar surface area (TPSA) is 82.2 Å². The molecule has 2 aliphatic heterocycles. The molecule has 2 heterocycles. The first-order chi connectivity index (χ1) is 16.4. The fourth-order valence-electron chi connectivity index (χ4n) is 4.41. The minimum atomic E-state index is -3.55. The van der Waals surface area contributed by atoms with Gasteiger partial charge in [0, 0.05) is 44.1 Å². The minimum absolute atomic E-state index is 0.134. The standard InChI is InChI=1S/C25H34N4O4S/c1-20(27(2)19-21-7-3-4-8-24(21)28-13-5-6-14-28)25(30)26-22-9-11-23(12-10-22)34(31,32)29-15-17-33-18-16-29/h3-4,7-12,20H,5-6,13-19H2,1-2H3,(H,26,30)/t20-/m0/s1. The van der Waals surface area contributed by atoms with E-state index in [4.69, 9.17) is 4.74 Å². The Balaban J connectivity index is 1.37. The summed E-state index contributed by atoms with van der Waals surface area (Å²) in [5, 5.41) is 2.92. The van der Waals surface area contributed by atoms with Crippen LogP contribution in [-0.4, -0.2) is 76.0 Å². The lowest BCUT2D eigenvalue weighted by molar-refractivity contribution is -0.120. The molecule has 1 amide bonds. The molecular formula is C25H34N4O4S. The fourth-order valence-corrected chi connectivity index (χ4v) is 5.82. The van der Waals surface area contributed by atoms with Crippen LogP contribution in [0.15, 0.2) is 53.4 Å². The number of likely N-dealkylation sites (N-methyl/N-ethyl adjacent to an activating group) is 1. The van der Waals surface area contributed by atoms with Gasteiger partial charge in [0.05, 0.1) is 24.2 Å². The second kappa shape index (κ2) is 10.9. The van der Waals surface area contributed by atoms with Crippen molar-refractivity contribution in [3.8, 4) is 0 Å². The average Bonchev–Trinajstić information content (AvgIpc) is 3.39. The number of morpholine rings is 1. The lowest BCUT2D eigenvalue weighted by Crippen LogP contribution is -2.40. The van der Waals surface area contributed by atoms with Gasteiger partial charge in [-0.2, -0.15) is 4.31 Å². The van der Waals surface area contributed by atoms with Gasteiger partial charge < -0.3 is 15.0 Å². The van der Waals surface area contributed by atoms with Crippen molar-refractivity contribution in [1.29, 1.82) is 0 Å². The van der Waals surface area contributed by atoms with E-state index in [1.54, 1.807) is 24.3 Å². The van der Waals surface area contributed by atoms with Gasteiger partial charge in [-0.3, -0.25) is 9.69 Å². The average molecular weight is 487 g/mol. The monoisotopic (exact) mass is 486 g/mol. The van der Waals surface area contributed by atoms with Gasteiger partial charge in [-0.1, -0.05) is 18.2 Å². The molecule has 9 heteroatoms. The molecule has 2 aliphatic rings. The van der Waals surface area contributed by atoms with Crippen LogP contribution >= 0.6 is 0 Å². The molecule has 0 aliphatic carbocycles. The van der Waals surface area contributed by atoms with Gasteiger partial charge in [-0.05, 0) is 62.7 Å². The first-order valence-corrected chi connectivity index (χ1v) is 13.3. The number of amides is 1. The molecule has 2 saturated heterocycles. The molecule has 184 valence electrons. The Morgan fingerprint density at radius 1 is 1.03 bits per heavy atom. The Kier molecular flexibility index (Phi) is 7.88. The van der Waals surface area contributed by atoms with Gasteiger partial charge in [0.15, 0.2) is 0 Å². The largest absolute Gasteiger partial charge is 0.379 e. The molecule has 1 atom stereocenters. The maximum Gasteiger partial charge on any atom is 0.243 e. The lowest BCUT2D eigenvalue weighted by atomic mass is 10.1. The summed E-state index contributed by atoms with van der Waals surface area (Å²) in [7, 11) is -1.61. The van der Waals surface area contributed by atoms with Crippen molar-refractivity contribution >= 4 is 27.3 Å². The van der Waals surface area contributed by atoms with Crippen LogP contribution in [0.4, 0.5) is 11.4 Å². The number of carbonyl (C=O) groups is 1. The highest BCUT2D eigenvalue weighted by atomic mass is 32.2. The van der Waals surface area contributed by atoms with Gasteiger partial charge in [0.1, 0.15) is 0 Å². The van der Waals surface area contributed by atoms with Gasteiger partial charge in [0.2, 0.25) is 15.9 Å². The van der Waals surface area contributed by atoms with E-state index in [-0.39, 0.29) is 16.8 Å². The van der Waals surface area contributed by atoms with Gasteiger partial charge >= 0.3 is 0 Å². The Labute approximate surface area is 202 Å². The second-order valence-electron chi connectivity index (χ2n) is 8.94. The number of hydrogen-bond donors (Lipinski definition) is 1. The van der Waals surface area contributed by atoms with Crippen LogP contribution in [0.2, 0.25) is 0 Å². The second-order valence-corrected chi connectivity index (χ2v) is 10.9. The van der Waals surface area contributed by atoms with Crippen molar-refractivity contribution < 1.29 is 17.9 Å². The Bertz CT molecular complexity index is 1080. The van der Waals surface area contributed by atoms with Crippen molar-refractivity contribution in [3.05, 3.63) is 54.1 Å². The predicted molar refractivity (Wildman–Crippen MR) is 133 cm³/mol. The van der Waals surface area contributed by atoms with E-state index in [0.717, 1.165) is 13.1 Å². The summed E-state index contributed by atoms with van der Waals surface area (Å²) >= 11 is 0. The molecule has 0 bridgehead atoms. The molecule has 34 heavy (non-hydrogen) atoms. The Hall–Kier alpha value is -2.46. The first-order valence-electron chi connectivity index (χ1n) is 11.9. The lowest BCUT2D eigenvalue weighted by Gasteiger charge is -2.27. The maximum atomic E-state index is 12.9. The molecule has 0 saturated carbocycles. The zero-order valence-corrected chi connectivity index (χ0v) is 20.8. The van der Waals surface area contributed by atoms with Crippen molar-refractivity contribution in [2.45, 2.75) is 37.2 Å². The summed E-state index contributed by atoms with van der Waals surface area (Å²) in [4.78, 5) is 17.6. The molecule has 2 aromatic rings. The first kappa shape index (κ1) is 24.7. The van der Waals surface area contributed by atoms with Crippen molar-refractivity contribution in [2.24, 2.45) is 0 Å². The quantitative estimate of drug-likeness (QED) is 0.618.